The van der Waals surface area contributed by atoms with Crippen molar-refractivity contribution in [2.75, 3.05) is 13.7 Å². The summed E-state index contributed by atoms with van der Waals surface area (Å²) in [6.07, 6.45) is 3.47. The zero-order valence-electron chi connectivity index (χ0n) is 16.5. The molecule has 148 valence electrons. The molecule has 1 aromatic heterocycles. The molecule has 0 fully saturated rings. The standard InChI is InChI=1S/C21H24N2O5/c1-13-14(2)23-17(15(3)22-13)8-9-18(24)16-7-10-19(27-4)20(12-16)28-11-5-6-21(25)26/h7-10,12H,5-6,11H2,1-4H3,(H,25,26)/b9-8+. The average Bonchev–Trinajstić information content (AvgIpc) is 2.66. The highest BCUT2D eigenvalue weighted by Gasteiger charge is 2.11. The first-order chi connectivity index (χ1) is 13.3. The number of methoxy groups -OCH3 is 1. The van der Waals surface area contributed by atoms with Crippen LogP contribution in [0.1, 0.15) is 46.0 Å². The van der Waals surface area contributed by atoms with E-state index in [1.807, 2.05) is 20.8 Å². The molecule has 0 radical (unpaired) electrons. The van der Waals surface area contributed by atoms with Crippen molar-refractivity contribution < 1.29 is 24.2 Å². The van der Waals surface area contributed by atoms with Crippen LogP contribution in [0.4, 0.5) is 0 Å². The van der Waals surface area contributed by atoms with Crippen molar-refractivity contribution in [2.45, 2.75) is 33.6 Å². The highest BCUT2D eigenvalue weighted by atomic mass is 16.5. The van der Waals surface area contributed by atoms with Crippen molar-refractivity contribution in [3.63, 3.8) is 0 Å². The lowest BCUT2D eigenvalue weighted by molar-refractivity contribution is -0.137. The summed E-state index contributed by atoms with van der Waals surface area (Å²) in [5.41, 5.74) is 3.51. The number of carboxylic acid groups (broad SMARTS) is 1. The van der Waals surface area contributed by atoms with Gasteiger partial charge in [0.05, 0.1) is 36.5 Å². The van der Waals surface area contributed by atoms with Crippen LogP contribution in [0.3, 0.4) is 0 Å². The minimum Gasteiger partial charge on any atom is -0.493 e. The number of carboxylic acids is 1. The smallest absolute Gasteiger partial charge is 0.303 e. The third-order valence-electron chi connectivity index (χ3n) is 4.15. The Bertz CT molecular complexity index is 906. The number of benzene rings is 1. The van der Waals surface area contributed by atoms with E-state index in [9.17, 15) is 9.59 Å². The molecule has 0 unspecified atom stereocenters. The Morgan fingerprint density at radius 1 is 1.07 bits per heavy atom. The van der Waals surface area contributed by atoms with Crippen molar-refractivity contribution in [1.29, 1.82) is 0 Å². The fourth-order valence-electron chi connectivity index (χ4n) is 2.49. The first kappa shape index (κ1) is 21.1. The Morgan fingerprint density at radius 3 is 2.46 bits per heavy atom. The third kappa shape index (κ3) is 5.64. The number of allylic oxidation sites excluding steroid dienone is 1. The molecule has 0 amide bonds. The number of ether oxygens (including phenoxy) is 2. The molecule has 2 rings (SSSR count). The van der Waals surface area contributed by atoms with Gasteiger partial charge in [0.15, 0.2) is 17.3 Å². The summed E-state index contributed by atoms with van der Waals surface area (Å²) in [6.45, 7) is 5.83. The van der Waals surface area contributed by atoms with E-state index >= 15 is 0 Å². The number of carbonyl (C=O) groups is 2. The number of carbonyl (C=O) groups excluding carboxylic acids is 1. The van der Waals surface area contributed by atoms with Crippen LogP contribution in [0.25, 0.3) is 6.08 Å². The van der Waals surface area contributed by atoms with Gasteiger partial charge < -0.3 is 14.6 Å². The van der Waals surface area contributed by atoms with Crippen LogP contribution >= 0.6 is 0 Å². The van der Waals surface area contributed by atoms with Crippen LogP contribution in [-0.2, 0) is 4.79 Å². The lowest BCUT2D eigenvalue weighted by atomic mass is 10.1. The second kappa shape index (κ2) is 9.64. The average molecular weight is 384 g/mol. The molecule has 7 nitrogen and oxygen atoms in total. The van der Waals surface area contributed by atoms with E-state index in [-0.39, 0.29) is 18.8 Å². The molecule has 28 heavy (non-hydrogen) atoms. The van der Waals surface area contributed by atoms with E-state index in [1.165, 1.54) is 13.2 Å². The Kier molecular flexibility index (Phi) is 7.26. The summed E-state index contributed by atoms with van der Waals surface area (Å²) in [6, 6.07) is 4.88. The summed E-state index contributed by atoms with van der Waals surface area (Å²) in [5.74, 6) is -0.215. The second-order valence-electron chi connectivity index (χ2n) is 6.27. The van der Waals surface area contributed by atoms with Gasteiger partial charge in [0.2, 0.25) is 0 Å². The monoisotopic (exact) mass is 384 g/mol. The largest absolute Gasteiger partial charge is 0.493 e. The molecule has 1 heterocycles. The van der Waals surface area contributed by atoms with Gasteiger partial charge in [-0.25, -0.2) is 4.98 Å². The SMILES string of the molecule is COc1ccc(C(=O)/C=C/c2nc(C)c(C)nc2C)cc1OCCCC(=O)O. The zero-order chi connectivity index (χ0) is 20.7. The van der Waals surface area contributed by atoms with E-state index in [4.69, 9.17) is 14.6 Å². The van der Waals surface area contributed by atoms with Crippen molar-refractivity contribution in [3.05, 3.63) is 52.6 Å². The molecule has 0 saturated heterocycles. The molecule has 0 saturated carbocycles. The van der Waals surface area contributed by atoms with Gasteiger partial charge in [-0.2, -0.15) is 0 Å². The zero-order valence-corrected chi connectivity index (χ0v) is 16.5. The maximum atomic E-state index is 12.5. The topological polar surface area (TPSA) is 98.6 Å². The molecule has 7 heteroatoms. The summed E-state index contributed by atoms with van der Waals surface area (Å²) in [5, 5.41) is 8.69. The van der Waals surface area contributed by atoms with Gasteiger partial charge in [0, 0.05) is 12.0 Å². The van der Waals surface area contributed by atoms with Crippen molar-refractivity contribution in [1.82, 2.24) is 9.97 Å². The molecule has 0 aliphatic carbocycles. The van der Waals surface area contributed by atoms with Crippen LogP contribution in [0, 0.1) is 20.8 Å². The van der Waals surface area contributed by atoms with Crippen LogP contribution in [-0.4, -0.2) is 40.5 Å². The molecular weight excluding hydrogens is 360 g/mol. The van der Waals surface area contributed by atoms with Gasteiger partial charge in [0.1, 0.15) is 0 Å². The van der Waals surface area contributed by atoms with E-state index < -0.39 is 5.97 Å². The summed E-state index contributed by atoms with van der Waals surface area (Å²) < 4.78 is 10.8. The number of rotatable bonds is 9. The molecule has 2 aromatic rings. The highest BCUT2D eigenvalue weighted by Crippen LogP contribution is 2.28. The molecule has 0 aliphatic rings. The van der Waals surface area contributed by atoms with Crippen LogP contribution in [0.5, 0.6) is 11.5 Å². The van der Waals surface area contributed by atoms with Gasteiger partial charge in [-0.15, -0.1) is 0 Å². The minimum atomic E-state index is -0.880. The molecular formula is C21H24N2O5. The fourth-order valence-corrected chi connectivity index (χ4v) is 2.49. The Hall–Kier alpha value is -3.22. The maximum Gasteiger partial charge on any atom is 0.303 e. The van der Waals surface area contributed by atoms with E-state index in [1.54, 1.807) is 24.3 Å². The first-order valence-electron chi connectivity index (χ1n) is 8.88. The number of aryl methyl sites for hydroxylation is 3. The van der Waals surface area contributed by atoms with Gasteiger partial charge in [0.25, 0.3) is 0 Å². The Balaban J connectivity index is 2.15. The van der Waals surface area contributed by atoms with Gasteiger partial charge >= 0.3 is 5.97 Å². The first-order valence-corrected chi connectivity index (χ1v) is 8.88. The third-order valence-corrected chi connectivity index (χ3v) is 4.15. The highest BCUT2D eigenvalue weighted by molar-refractivity contribution is 6.07. The van der Waals surface area contributed by atoms with E-state index in [0.29, 0.717) is 29.2 Å². The van der Waals surface area contributed by atoms with Gasteiger partial charge in [-0.05, 0) is 57.5 Å². The van der Waals surface area contributed by atoms with Gasteiger partial charge in [-0.3, -0.25) is 14.6 Å². The van der Waals surface area contributed by atoms with E-state index in [2.05, 4.69) is 9.97 Å². The van der Waals surface area contributed by atoms with Crippen molar-refractivity contribution in [3.8, 4) is 11.5 Å². The Morgan fingerprint density at radius 2 is 1.79 bits per heavy atom. The van der Waals surface area contributed by atoms with Crippen molar-refractivity contribution >= 4 is 17.8 Å². The summed E-state index contributed by atoms with van der Waals surface area (Å²) in [7, 11) is 1.50. The number of hydrogen-bond acceptors (Lipinski definition) is 6. The number of aliphatic carboxylic acids is 1. The number of nitrogens with zero attached hydrogens (tertiary/aromatic N) is 2. The quantitative estimate of drug-likeness (QED) is 0.401. The molecule has 0 spiro atoms. The number of aromatic nitrogens is 2. The van der Waals surface area contributed by atoms with Crippen LogP contribution in [0.15, 0.2) is 24.3 Å². The Labute approximate surface area is 164 Å². The molecule has 0 bridgehead atoms. The van der Waals surface area contributed by atoms with E-state index in [0.717, 1.165) is 17.1 Å². The molecule has 0 aliphatic heterocycles. The lowest BCUT2D eigenvalue weighted by Gasteiger charge is -2.11. The minimum absolute atomic E-state index is 0.0139. The fraction of sp³-hybridized carbons (Fsp3) is 0.333. The summed E-state index contributed by atoms with van der Waals surface area (Å²) >= 11 is 0. The van der Waals surface area contributed by atoms with Crippen LogP contribution < -0.4 is 9.47 Å². The second-order valence-corrected chi connectivity index (χ2v) is 6.27. The summed E-state index contributed by atoms with van der Waals surface area (Å²) in [4.78, 5) is 32.0. The lowest BCUT2D eigenvalue weighted by Crippen LogP contribution is -2.04. The number of ketones is 1. The predicted molar refractivity (Wildman–Crippen MR) is 105 cm³/mol. The maximum absolute atomic E-state index is 12.5. The van der Waals surface area contributed by atoms with Crippen molar-refractivity contribution in [2.24, 2.45) is 0 Å². The molecule has 1 N–H and O–H groups in total. The predicted octanol–water partition coefficient (Wildman–Crippen LogP) is 3.55. The normalized spacial score (nSPS) is 10.9. The number of hydrogen-bond donors (Lipinski definition) is 1. The van der Waals surface area contributed by atoms with Gasteiger partial charge in [-0.1, -0.05) is 0 Å². The van der Waals surface area contributed by atoms with Crippen LogP contribution in [0.2, 0.25) is 0 Å². The molecule has 0 atom stereocenters. The molecule has 1 aromatic carbocycles.